The van der Waals surface area contributed by atoms with Gasteiger partial charge in [0, 0.05) is 6.07 Å². The summed E-state index contributed by atoms with van der Waals surface area (Å²) in [5.74, 6) is 0. The van der Waals surface area contributed by atoms with Crippen molar-refractivity contribution in [2.24, 2.45) is 4.99 Å². The van der Waals surface area contributed by atoms with Crippen LogP contribution in [0.4, 0.5) is 11.4 Å². The molecule has 1 aromatic rings. The minimum Gasteiger partial charge on any atom is -0.282 e. The van der Waals surface area contributed by atoms with Crippen LogP contribution >= 0.6 is 11.8 Å². The maximum absolute atomic E-state index is 11.0. The second-order valence-electron chi connectivity index (χ2n) is 3.24. The number of amidine groups is 1. The van der Waals surface area contributed by atoms with E-state index < -0.39 is 25.6 Å². The number of nitriles is 1. The zero-order chi connectivity index (χ0) is 15.3. The Morgan fingerprint density at radius 2 is 2.25 bits per heavy atom. The van der Waals surface area contributed by atoms with E-state index in [-0.39, 0.29) is 10.9 Å². The van der Waals surface area contributed by atoms with Crippen molar-refractivity contribution in [3.05, 3.63) is 28.3 Å². The highest BCUT2D eigenvalue weighted by atomic mass is 32.2. The number of aliphatic imine (C=N–C) groups is 1. The van der Waals surface area contributed by atoms with Crippen LogP contribution < -0.4 is 5.32 Å². The standard InChI is InChI=1S/C9H8N4O5S2/c1-19-9(11-5-10)12-6-2-3-8(20(16,17)18)7(4-6)13(14)15/h2-4H,1H3,(H,11,12)(H,16,17,18). The largest absolute Gasteiger partial charge is 0.301 e. The van der Waals surface area contributed by atoms with Gasteiger partial charge in [0.25, 0.3) is 5.69 Å². The summed E-state index contributed by atoms with van der Waals surface area (Å²) in [5.41, 5.74) is -0.734. The molecule has 0 amide bonds. The van der Waals surface area contributed by atoms with Gasteiger partial charge in [-0.3, -0.25) is 20.0 Å². The summed E-state index contributed by atoms with van der Waals surface area (Å²) in [4.78, 5) is 12.9. The Balaban J connectivity index is 3.39. The summed E-state index contributed by atoms with van der Waals surface area (Å²) in [6.45, 7) is 0. The van der Waals surface area contributed by atoms with Crippen LogP contribution in [0, 0.1) is 21.6 Å². The van der Waals surface area contributed by atoms with Crippen LogP contribution in [-0.4, -0.2) is 29.3 Å². The summed E-state index contributed by atoms with van der Waals surface area (Å²) >= 11 is 1.09. The number of nitrogens with zero attached hydrogens (tertiary/aromatic N) is 3. The van der Waals surface area contributed by atoms with Crippen molar-refractivity contribution < 1.29 is 17.9 Å². The quantitative estimate of drug-likeness (QED) is 0.161. The minimum absolute atomic E-state index is 0.0659. The Bertz CT molecular complexity index is 708. The number of nitrogens with one attached hydrogen (secondary N) is 1. The van der Waals surface area contributed by atoms with Gasteiger partial charge in [-0.15, -0.1) is 0 Å². The maximum Gasteiger partial charge on any atom is 0.301 e. The first kappa shape index (κ1) is 15.9. The summed E-state index contributed by atoms with van der Waals surface area (Å²) in [7, 11) is -4.70. The molecule has 0 saturated heterocycles. The molecule has 0 spiro atoms. The molecule has 20 heavy (non-hydrogen) atoms. The molecule has 0 saturated carbocycles. The van der Waals surface area contributed by atoms with Gasteiger partial charge in [-0.05, 0) is 18.4 Å². The van der Waals surface area contributed by atoms with E-state index in [9.17, 15) is 18.5 Å². The topological polar surface area (TPSA) is 146 Å². The number of hydrogen-bond acceptors (Lipinski definition) is 7. The molecular formula is C9H8N4O5S2. The number of thioether (sulfide) groups is 1. The molecule has 0 atom stereocenters. The van der Waals surface area contributed by atoms with Gasteiger partial charge in [0.05, 0.1) is 10.6 Å². The molecule has 0 aliphatic rings. The average Bonchev–Trinajstić information content (AvgIpc) is 2.36. The van der Waals surface area contributed by atoms with Crippen LogP contribution in [0.1, 0.15) is 0 Å². The van der Waals surface area contributed by atoms with E-state index in [4.69, 9.17) is 9.81 Å². The van der Waals surface area contributed by atoms with Gasteiger partial charge in [0.1, 0.15) is 0 Å². The molecule has 9 nitrogen and oxygen atoms in total. The molecule has 0 bridgehead atoms. The van der Waals surface area contributed by atoms with Crippen LogP contribution in [0.5, 0.6) is 0 Å². The lowest BCUT2D eigenvalue weighted by Crippen LogP contribution is -2.12. The molecular weight excluding hydrogens is 308 g/mol. The SMILES string of the molecule is CSC(=Nc1ccc(S(=O)(=O)O)c([N+](=O)[O-])c1)NC#N. The van der Waals surface area contributed by atoms with Crippen LogP contribution in [0.25, 0.3) is 0 Å². The second-order valence-corrected chi connectivity index (χ2v) is 5.43. The Morgan fingerprint density at radius 3 is 2.70 bits per heavy atom. The molecule has 0 unspecified atom stereocenters. The molecule has 2 N–H and O–H groups in total. The van der Waals surface area contributed by atoms with Crippen molar-refractivity contribution in [1.29, 1.82) is 5.26 Å². The first-order valence-electron chi connectivity index (χ1n) is 4.83. The Labute approximate surface area is 118 Å². The summed E-state index contributed by atoms with van der Waals surface area (Å²) < 4.78 is 30.9. The molecule has 0 fully saturated rings. The molecule has 11 heteroatoms. The average molecular weight is 316 g/mol. The van der Waals surface area contributed by atoms with E-state index in [0.717, 1.165) is 23.9 Å². The monoisotopic (exact) mass is 316 g/mol. The lowest BCUT2D eigenvalue weighted by atomic mass is 10.3. The van der Waals surface area contributed by atoms with Crippen LogP contribution in [0.3, 0.4) is 0 Å². The number of nitro benzene ring substituents is 1. The first-order chi connectivity index (χ1) is 9.29. The summed E-state index contributed by atoms with van der Waals surface area (Å²) in [5, 5.41) is 21.7. The van der Waals surface area contributed by atoms with E-state index in [2.05, 4.69) is 10.3 Å². The van der Waals surface area contributed by atoms with Crippen molar-refractivity contribution in [3.63, 3.8) is 0 Å². The molecule has 0 aromatic heterocycles. The highest BCUT2D eigenvalue weighted by molar-refractivity contribution is 8.13. The van der Waals surface area contributed by atoms with Gasteiger partial charge in [0.15, 0.2) is 16.3 Å². The van der Waals surface area contributed by atoms with Gasteiger partial charge in [0.2, 0.25) is 0 Å². The zero-order valence-electron chi connectivity index (χ0n) is 9.97. The van der Waals surface area contributed by atoms with E-state index in [0.29, 0.717) is 0 Å². The van der Waals surface area contributed by atoms with Crippen LogP contribution in [-0.2, 0) is 10.1 Å². The lowest BCUT2D eigenvalue weighted by molar-refractivity contribution is -0.387. The predicted octanol–water partition coefficient (Wildman–Crippen LogP) is 1.26. The van der Waals surface area contributed by atoms with Gasteiger partial charge < -0.3 is 0 Å². The fourth-order valence-corrected chi connectivity index (χ4v) is 2.21. The Kier molecular flexibility index (Phi) is 5.03. The number of hydrogen-bond donors (Lipinski definition) is 2. The fraction of sp³-hybridized carbons (Fsp3) is 0.111. The fourth-order valence-electron chi connectivity index (χ4n) is 1.23. The van der Waals surface area contributed by atoms with E-state index in [1.165, 1.54) is 6.07 Å². The third kappa shape index (κ3) is 3.92. The van der Waals surface area contributed by atoms with Gasteiger partial charge in [-0.25, -0.2) is 4.99 Å². The predicted molar refractivity (Wildman–Crippen MR) is 72.3 cm³/mol. The van der Waals surface area contributed by atoms with Crippen molar-refractivity contribution >= 4 is 38.4 Å². The van der Waals surface area contributed by atoms with Crippen molar-refractivity contribution in [3.8, 4) is 6.19 Å². The third-order valence-corrected chi connectivity index (χ3v) is 3.49. The van der Waals surface area contributed by atoms with Crippen molar-refractivity contribution in [2.75, 3.05) is 6.26 Å². The molecule has 0 aliphatic heterocycles. The highest BCUT2D eigenvalue weighted by Gasteiger charge is 2.24. The molecule has 1 rings (SSSR count). The highest BCUT2D eigenvalue weighted by Crippen LogP contribution is 2.28. The van der Waals surface area contributed by atoms with E-state index in [1.807, 2.05) is 0 Å². The zero-order valence-corrected chi connectivity index (χ0v) is 11.6. The Morgan fingerprint density at radius 1 is 1.60 bits per heavy atom. The van der Waals surface area contributed by atoms with Crippen molar-refractivity contribution in [1.82, 2.24) is 5.32 Å². The van der Waals surface area contributed by atoms with Crippen molar-refractivity contribution in [2.45, 2.75) is 4.90 Å². The molecule has 1 aromatic carbocycles. The molecule has 106 valence electrons. The molecule has 0 heterocycles. The maximum atomic E-state index is 11.0. The number of benzene rings is 1. The molecule has 0 aliphatic carbocycles. The van der Waals surface area contributed by atoms with Gasteiger partial charge >= 0.3 is 10.1 Å². The van der Waals surface area contributed by atoms with Gasteiger partial charge in [-0.1, -0.05) is 11.8 Å². The molecule has 0 radical (unpaired) electrons. The van der Waals surface area contributed by atoms with E-state index in [1.54, 1.807) is 12.4 Å². The normalized spacial score (nSPS) is 11.8. The van der Waals surface area contributed by atoms with Crippen LogP contribution in [0.2, 0.25) is 0 Å². The number of rotatable bonds is 3. The van der Waals surface area contributed by atoms with Crippen LogP contribution in [0.15, 0.2) is 28.1 Å². The first-order valence-corrected chi connectivity index (χ1v) is 7.49. The summed E-state index contributed by atoms with van der Waals surface area (Å²) in [6.07, 6.45) is 3.27. The lowest BCUT2D eigenvalue weighted by Gasteiger charge is -2.02. The van der Waals surface area contributed by atoms with E-state index >= 15 is 0 Å². The third-order valence-electron chi connectivity index (χ3n) is 2.00. The smallest absolute Gasteiger partial charge is 0.282 e. The summed E-state index contributed by atoms with van der Waals surface area (Å²) in [6, 6.07) is 2.93. The minimum atomic E-state index is -4.70. The van der Waals surface area contributed by atoms with Gasteiger partial charge in [-0.2, -0.15) is 13.7 Å². The number of nitro groups is 1. The Hall–Kier alpha value is -2.16. The second kappa shape index (κ2) is 6.33.